The molecular weight excluding hydrogens is 262 g/mol. The van der Waals surface area contributed by atoms with Crippen molar-refractivity contribution in [3.05, 3.63) is 23.4 Å². The molecule has 0 amide bonds. The Hall–Kier alpha value is -1.13. The van der Waals surface area contributed by atoms with E-state index in [1.807, 2.05) is 0 Å². The molecule has 1 aromatic rings. The molecule has 0 aromatic carbocycles. The molecule has 116 valence electrons. The number of pyridine rings is 1. The molecule has 2 heterocycles. The van der Waals surface area contributed by atoms with Crippen molar-refractivity contribution in [2.24, 2.45) is 5.92 Å². The van der Waals surface area contributed by atoms with Crippen LogP contribution in [0.4, 0.5) is 5.82 Å². The Kier molecular flexibility index (Phi) is 4.76. The Morgan fingerprint density at radius 2 is 2.19 bits per heavy atom. The summed E-state index contributed by atoms with van der Waals surface area (Å²) in [5.41, 5.74) is 2.48. The average molecular weight is 289 g/mol. The molecule has 21 heavy (non-hydrogen) atoms. The fourth-order valence-electron chi connectivity index (χ4n) is 3.18. The summed E-state index contributed by atoms with van der Waals surface area (Å²) in [6, 6.07) is 5.22. The smallest absolute Gasteiger partial charge is 0.129 e. The van der Waals surface area contributed by atoms with Gasteiger partial charge in [0.25, 0.3) is 0 Å². The van der Waals surface area contributed by atoms with E-state index in [0.717, 1.165) is 43.8 Å². The number of rotatable bonds is 6. The first-order valence-corrected chi connectivity index (χ1v) is 8.19. The van der Waals surface area contributed by atoms with E-state index in [2.05, 4.69) is 29.3 Å². The highest BCUT2D eigenvalue weighted by molar-refractivity contribution is 5.43. The molecule has 2 fully saturated rings. The number of methoxy groups -OCH3 is 1. The van der Waals surface area contributed by atoms with E-state index in [4.69, 9.17) is 9.72 Å². The van der Waals surface area contributed by atoms with Crippen LogP contribution in [0.2, 0.25) is 0 Å². The maximum Gasteiger partial charge on any atom is 0.129 e. The standard InChI is InChI=1S/C17H27N3O/c1-13-8-15(10-18-16-5-6-16)9-17(19-13)20-7-3-4-14(11-20)12-21-2/h8-9,14,16,18H,3-7,10-12H2,1-2H3. The van der Waals surface area contributed by atoms with Crippen LogP contribution in [-0.2, 0) is 11.3 Å². The number of ether oxygens (including phenoxy) is 1. The molecule has 1 saturated heterocycles. The van der Waals surface area contributed by atoms with Crippen molar-refractivity contribution >= 4 is 5.82 Å². The molecular formula is C17H27N3O. The molecule has 1 unspecified atom stereocenters. The first-order chi connectivity index (χ1) is 10.2. The fraction of sp³-hybridized carbons (Fsp3) is 0.706. The zero-order chi connectivity index (χ0) is 14.7. The summed E-state index contributed by atoms with van der Waals surface area (Å²) < 4.78 is 5.33. The monoisotopic (exact) mass is 289 g/mol. The van der Waals surface area contributed by atoms with Gasteiger partial charge in [0.2, 0.25) is 0 Å². The average Bonchev–Trinajstić information content (AvgIpc) is 3.29. The molecule has 1 aromatic heterocycles. The third kappa shape index (κ3) is 4.17. The van der Waals surface area contributed by atoms with Gasteiger partial charge in [-0.1, -0.05) is 0 Å². The van der Waals surface area contributed by atoms with Crippen LogP contribution in [0.3, 0.4) is 0 Å². The van der Waals surface area contributed by atoms with Gasteiger partial charge in [-0.3, -0.25) is 0 Å². The second kappa shape index (κ2) is 6.75. The molecule has 4 heteroatoms. The van der Waals surface area contributed by atoms with Crippen molar-refractivity contribution in [3.8, 4) is 0 Å². The lowest BCUT2D eigenvalue weighted by molar-refractivity contribution is 0.143. The molecule has 4 nitrogen and oxygen atoms in total. The number of piperidine rings is 1. The van der Waals surface area contributed by atoms with Gasteiger partial charge in [-0.05, 0) is 56.2 Å². The Bertz CT molecular complexity index is 471. The van der Waals surface area contributed by atoms with E-state index in [1.54, 1.807) is 7.11 Å². The summed E-state index contributed by atoms with van der Waals surface area (Å²) >= 11 is 0. The minimum absolute atomic E-state index is 0.638. The highest BCUT2D eigenvalue weighted by atomic mass is 16.5. The number of hydrogen-bond donors (Lipinski definition) is 1. The number of aryl methyl sites for hydroxylation is 1. The zero-order valence-corrected chi connectivity index (χ0v) is 13.3. The minimum atomic E-state index is 0.638. The van der Waals surface area contributed by atoms with Gasteiger partial charge in [-0.25, -0.2) is 4.98 Å². The van der Waals surface area contributed by atoms with Gasteiger partial charge in [0, 0.05) is 38.5 Å². The van der Waals surface area contributed by atoms with Gasteiger partial charge in [-0.15, -0.1) is 0 Å². The quantitative estimate of drug-likeness (QED) is 0.873. The Morgan fingerprint density at radius 1 is 1.33 bits per heavy atom. The summed E-state index contributed by atoms with van der Waals surface area (Å²) in [5, 5.41) is 3.59. The third-order valence-electron chi connectivity index (χ3n) is 4.42. The summed E-state index contributed by atoms with van der Waals surface area (Å²) in [6.45, 7) is 6.11. The molecule has 1 aliphatic heterocycles. The topological polar surface area (TPSA) is 37.4 Å². The van der Waals surface area contributed by atoms with Crippen molar-refractivity contribution in [2.45, 2.75) is 45.2 Å². The molecule has 1 N–H and O–H groups in total. The van der Waals surface area contributed by atoms with E-state index in [0.29, 0.717) is 5.92 Å². The van der Waals surface area contributed by atoms with Gasteiger partial charge >= 0.3 is 0 Å². The van der Waals surface area contributed by atoms with Crippen molar-refractivity contribution < 1.29 is 4.74 Å². The predicted molar refractivity (Wildman–Crippen MR) is 85.6 cm³/mol. The second-order valence-electron chi connectivity index (χ2n) is 6.54. The molecule has 1 aliphatic carbocycles. The van der Waals surface area contributed by atoms with E-state index < -0.39 is 0 Å². The second-order valence-corrected chi connectivity index (χ2v) is 6.54. The highest BCUT2D eigenvalue weighted by Crippen LogP contribution is 2.24. The normalized spacial score (nSPS) is 22.6. The van der Waals surface area contributed by atoms with Crippen LogP contribution in [0.25, 0.3) is 0 Å². The zero-order valence-electron chi connectivity index (χ0n) is 13.3. The van der Waals surface area contributed by atoms with Crippen LogP contribution in [0, 0.1) is 12.8 Å². The van der Waals surface area contributed by atoms with Crippen LogP contribution in [0.15, 0.2) is 12.1 Å². The molecule has 1 saturated carbocycles. The number of nitrogens with one attached hydrogen (secondary N) is 1. The van der Waals surface area contributed by atoms with Crippen LogP contribution in [0.5, 0.6) is 0 Å². The lowest BCUT2D eigenvalue weighted by Gasteiger charge is -2.33. The maximum absolute atomic E-state index is 5.33. The van der Waals surface area contributed by atoms with Crippen LogP contribution >= 0.6 is 0 Å². The van der Waals surface area contributed by atoms with Crippen molar-refractivity contribution in [1.82, 2.24) is 10.3 Å². The van der Waals surface area contributed by atoms with Crippen LogP contribution in [-0.4, -0.2) is 37.8 Å². The number of aromatic nitrogens is 1. The third-order valence-corrected chi connectivity index (χ3v) is 4.42. The Morgan fingerprint density at radius 3 is 2.95 bits per heavy atom. The molecule has 0 radical (unpaired) electrons. The largest absolute Gasteiger partial charge is 0.384 e. The SMILES string of the molecule is COCC1CCCN(c2cc(CNC3CC3)cc(C)n2)C1. The molecule has 0 spiro atoms. The Balaban J connectivity index is 1.67. The number of nitrogens with zero attached hydrogens (tertiary/aromatic N) is 2. The van der Waals surface area contributed by atoms with Gasteiger partial charge in [0.15, 0.2) is 0 Å². The van der Waals surface area contributed by atoms with Gasteiger partial charge in [0.1, 0.15) is 5.82 Å². The van der Waals surface area contributed by atoms with E-state index in [1.165, 1.54) is 31.2 Å². The lowest BCUT2D eigenvalue weighted by atomic mass is 9.99. The van der Waals surface area contributed by atoms with Crippen molar-refractivity contribution in [2.75, 3.05) is 31.7 Å². The first kappa shape index (κ1) is 14.8. The van der Waals surface area contributed by atoms with Gasteiger partial charge in [-0.2, -0.15) is 0 Å². The molecule has 3 rings (SSSR count). The minimum Gasteiger partial charge on any atom is -0.384 e. The van der Waals surface area contributed by atoms with Crippen molar-refractivity contribution in [3.63, 3.8) is 0 Å². The fourth-order valence-corrected chi connectivity index (χ4v) is 3.18. The molecule has 0 bridgehead atoms. The summed E-state index contributed by atoms with van der Waals surface area (Å²) in [4.78, 5) is 7.18. The predicted octanol–water partition coefficient (Wildman–Crippen LogP) is 2.50. The van der Waals surface area contributed by atoms with E-state index >= 15 is 0 Å². The van der Waals surface area contributed by atoms with Crippen molar-refractivity contribution in [1.29, 1.82) is 0 Å². The number of anilines is 1. The van der Waals surface area contributed by atoms with Gasteiger partial charge < -0.3 is 15.0 Å². The first-order valence-electron chi connectivity index (χ1n) is 8.19. The maximum atomic E-state index is 5.33. The van der Waals surface area contributed by atoms with Crippen LogP contribution in [0.1, 0.15) is 36.9 Å². The molecule has 2 aliphatic rings. The molecule has 1 atom stereocenters. The summed E-state index contributed by atoms with van der Waals surface area (Å²) in [7, 11) is 1.80. The lowest BCUT2D eigenvalue weighted by Crippen LogP contribution is -2.37. The number of hydrogen-bond acceptors (Lipinski definition) is 4. The highest BCUT2D eigenvalue weighted by Gasteiger charge is 2.22. The summed E-state index contributed by atoms with van der Waals surface area (Å²) in [5.74, 6) is 1.78. The summed E-state index contributed by atoms with van der Waals surface area (Å²) in [6.07, 6.45) is 5.18. The van der Waals surface area contributed by atoms with Crippen LogP contribution < -0.4 is 10.2 Å². The Labute approximate surface area is 127 Å². The van der Waals surface area contributed by atoms with E-state index in [-0.39, 0.29) is 0 Å². The van der Waals surface area contributed by atoms with E-state index in [9.17, 15) is 0 Å². The van der Waals surface area contributed by atoms with Gasteiger partial charge in [0.05, 0.1) is 6.61 Å².